The van der Waals surface area contributed by atoms with Crippen LogP contribution in [0, 0.1) is 6.92 Å². The van der Waals surface area contributed by atoms with E-state index in [0.29, 0.717) is 13.1 Å². The zero-order valence-electron chi connectivity index (χ0n) is 9.27. The highest BCUT2D eigenvalue weighted by Gasteiger charge is 2.22. The number of piperazine rings is 1. The van der Waals surface area contributed by atoms with Crippen molar-refractivity contribution < 1.29 is 4.79 Å². The molecule has 2 heterocycles. The highest BCUT2D eigenvalue weighted by atomic mass is 35.5. The van der Waals surface area contributed by atoms with Gasteiger partial charge in [-0.25, -0.2) is 9.97 Å². The molecule has 0 spiro atoms. The molecule has 1 aliphatic heterocycles. The lowest BCUT2D eigenvalue weighted by Crippen LogP contribution is -2.48. The minimum atomic E-state index is 0.0960. The van der Waals surface area contributed by atoms with Crippen LogP contribution in [0.4, 0.5) is 5.82 Å². The SMILES string of the molecule is Cc1cc(N2CCN(C)C(=O)C2)nc(Cl)n1. The van der Waals surface area contributed by atoms with Gasteiger partial charge in [0.1, 0.15) is 5.82 Å². The van der Waals surface area contributed by atoms with Crippen molar-refractivity contribution in [1.82, 2.24) is 14.9 Å². The lowest BCUT2D eigenvalue weighted by molar-refractivity contribution is -0.129. The summed E-state index contributed by atoms with van der Waals surface area (Å²) in [5.41, 5.74) is 0.807. The fourth-order valence-electron chi connectivity index (χ4n) is 1.63. The summed E-state index contributed by atoms with van der Waals surface area (Å²) in [7, 11) is 1.80. The van der Waals surface area contributed by atoms with Gasteiger partial charge in [-0.1, -0.05) is 0 Å². The van der Waals surface area contributed by atoms with Gasteiger partial charge in [-0.05, 0) is 18.5 Å². The number of carbonyl (C=O) groups is 1. The number of hydrogen-bond acceptors (Lipinski definition) is 4. The third-order valence-corrected chi connectivity index (χ3v) is 2.76. The maximum Gasteiger partial charge on any atom is 0.241 e. The molecule has 0 aromatic carbocycles. The van der Waals surface area contributed by atoms with Gasteiger partial charge >= 0.3 is 0 Å². The van der Waals surface area contributed by atoms with Crippen LogP contribution in [0.1, 0.15) is 5.69 Å². The maximum absolute atomic E-state index is 11.6. The van der Waals surface area contributed by atoms with E-state index in [0.717, 1.165) is 18.1 Å². The van der Waals surface area contributed by atoms with Gasteiger partial charge in [-0.15, -0.1) is 0 Å². The molecule has 16 heavy (non-hydrogen) atoms. The second kappa shape index (κ2) is 4.25. The molecule has 0 saturated carbocycles. The quantitative estimate of drug-likeness (QED) is 0.679. The van der Waals surface area contributed by atoms with Gasteiger partial charge in [0.05, 0.1) is 6.54 Å². The Kier molecular flexibility index (Phi) is 2.96. The third kappa shape index (κ3) is 2.24. The van der Waals surface area contributed by atoms with E-state index in [-0.39, 0.29) is 11.2 Å². The fraction of sp³-hybridized carbons (Fsp3) is 0.500. The minimum Gasteiger partial charge on any atom is -0.345 e. The van der Waals surface area contributed by atoms with E-state index >= 15 is 0 Å². The molecule has 0 bridgehead atoms. The van der Waals surface area contributed by atoms with Crippen molar-refractivity contribution in [2.75, 3.05) is 31.6 Å². The normalized spacial score (nSPS) is 16.8. The summed E-state index contributed by atoms with van der Waals surface area (Å²) in [5.74, 6) is 0.817. The van der Waals surface area contributed by atoms with Crippen LogP contribution >= 0.6 is 11.6 Å². The first kappa shape index (κ1) is 11.1. The van der Waals surface area contributed by atoms with E-state index in [2.05, 4.69) is 9.97 Å². The van der Waals surface area contributed by atoms with Gasteiger partial charge in [-0.3, -0.25) is 4.79 Å². The molecule has 0 radical (unpaired) electrons. The van der Waals surface area contributed by atoms with Crippen molar-refractivity contribution in [3.05, 3.63) is 17.0 Å². The molecule has 1 saturated heterocycles. The highest BCUT2D eigenvalue weighted by molar-refractivity contribution is 6.28. The Morgan fingerprint density at radius 2 is 2.12 bits per heavy atom. The van der Waals surface area contributed by atoms with Gasteiger partial charge in [0, 0.05) is 31.9 Å². The van der Waals surface area contributed by atoms with Crippen molar-refractivity contribution >= 4 is 23.3 Å². The predicted molar refractivity (Wildman–Crippen MR) is 61.6 cm³/mol. The van der Waals surface area contributed by atoms with Gasteiger partial charge in [0.15, 0.2) is 0 Å². The van der Waals surface area contributed by atoms with Crippen LogP contribution in [0.3, 0.4) is 0 Å². The molecule has 2 rings (SSSR count). The Bertz CT molecular complexity index is 403. The van der Waals surface area contributed by atoms with Gasteiger partial charge < -0.3 is 9.80 Å². The smallest absolute Gasteiger partial charge is 0.241 e. The number of anilines is 1. The van der Waals surface area contributed by atoms with Crippen LogP contribution in [0.15, 0.2) is 6.07 Å². The Hall–Kier alpha value is -1.36. The van der Waals surface area contributed by atoms with Gasteiger partial charge in [0.2, 0.25) is 11.2 Å². The molecule has 86 valence electrons. The summed E-state index contributed by atoms with van der Waals surface area (Å²) in [5, 5.41) is 0.223. The first-order valence-electron chi connectivity index (χ1n) is 5.06. The molecule has 0 aliphatic carbocycles. The Morgan fingerprint density at radius 1 is 1.38 bits per heavy atom. The summed E-state index contributed by atoms with van der Waals surface area (Å²) >= 11 is 5.79. The minimum absolute atomic E-state index is 0.0960. The summed E-state index contributed by atoms with van der Waals surface area (Å²) in [6.07, 6.45) is 0. The number of halogens is 1. The van der Waals surface area contributed by atoms with Gasteiger partial charge in [0.25, 0.3) is 0 Å². The number of likely N-dealkylation sites (N-methyl/N-ethyl adjacent to an activating group) is 1. The van der Waals surface area contributed by atoms with E-state index in [1.165, 1.54) is 0 Å². The molecule has 1 amide bonds. The second-order valence-electron chi connectivity index (χ2n) is 3.87. The number of carbonyl (C=O) groups excluding carboxylic acids is 1. The zero-order chi connectivity index (χ0) is 11.7. The van der Waals surface area contributed by atoms with Crippen LogP contribution in [0.25, 0.3) is 0 Å². The van der Waals surface area contributed by atoms with Gasteiger partial charge in [-0.2, -0.15) is 0 Å². The van der Waals surface area contributed by atoms with Crippen LogP contribution in [0.5, 0.6) is 0 Å². The monoisotopic (exact) mass is 240 g/mol. The zero-order valence-corrected chi connectivity index (χ0v) is 10.0. The predicted octanol–water partition coefficient (Wildman–Crippen LogP) is 0.717. The third-order valence-electron chi connectivity index (χ3n) is 2.59. The van der Waals surface area contributed by atoms with Crippen molar-refractivity contribution in [2.45, 2.75) is 6.92 Å². The number of nitrogens with zero attached hydrogens (tertiary/aromatic N) is 4. The molecule has 5 nitrogen and oxygen atoms in total. The molecule has 0 atom stereocenters. The average molecular weight is 241 g/mol. The Morgan fingerprint density at radius 3 is 2.75 bits per heavy atom. The average Bonchev–Trinajstić information content (AvgIpc) is 2.20. The summed E-state index contributed by atoms with van der Waals surface area (Å²) in [6, 6.07) is 1.84. The summed E-state index contributed by atoms with van der Waals surface area (Å²) in [6.45, 7) is 3.69. The first-order valence-corrected chi connectivity index (χ1v) is 5.44. The van der Waals surface area contributed by atoms with Crippen molar-refractivity contribution in [2.24, 2.45) is 0 Å². The number of amides is 1. The standard InChI is InChI=1S/C10H13ClN4O/c1-7-5-8(13-10(11)12-7)15-4-3-14(2)9(16)6-15/h5H,3-4,6H2,1-2H3. The lowest BCUT2D eigenvalue weighted by Gasteiger charge is -2.32. The van der Waals surface area contributed by atoms with Crippen LogP contribution < -0.4 is 4.90 Å². The molecular weight excluding hydrogens is 228 g/mol. The molecule has 0 unspecified atom stereocenters. The summed E-state index contributed by atoms with van der Waals surface area (Å²) in [4.78, 5) is 23.3. The molecule has 1 aliphatic rings. The fourth-order valence-corrected chi connectivity index (χ4v) is 1.85. The van der Waals surface area contributed by atoms with E-state index in [9.17, 15) is 4.79 Å². The number of aryl methyl sites for hydroxylation is 1. The van der Waals surface area contributed by atoms with Crippen LogP contribution in [0.2, 0.25) is 5.28 Å². The van der Waals surface area contributed by atoms with Crippen molar-refractivity contribution in [3.8, 4) is 0 Å². The van der Waals surface area contributed by atoms with E-state index in [4.69, 9.17) is 11.6 Å². The number of hydrogen-bond donors (Lipinski definition) is 0. The van der Waals surface area contributed by atoms with Crippen molar-refractivity contribution in [1.29, 1.82) is 0 Å². The van der Waals surface area contributed by atoms with E-state index < -0.39 is 0 Å². The number of aromatic nitrogens is 2. The Labute approximate surface area is 99.0 Å². The summed E-state index contributed by atoms with van der Waals surface area (Å²) < 4.78 is 0. The highest BCUT2D eigenvalue weighted by Crippen LogP contribution is 2.16. The van der Waals surface area contributed by atoms with E-state index in [1.807, 2.05) is 17.9 Å². The topological polar surface area (TPSA) is 49.3 Å². The van der Waals surface area contributed by atoms with Crippen LogP contribution in [-0.4, -0.2) is 47.5 Å². The molecule has 0 N–H and O–H groups in total. The number of rotatable bonds is 1. The lowest BCUT2D eigenvalue weighted by atomic mass is 10.3. The molecule has 1 aromatic heterocycles. The largest absolute Gasteiger partial charge is 0.345 e. The Balaban J connectivity index is 2.21. The maximum atomic E-state index is 11.6. The van der Waals surface area contributed by atoms with E-state index in [1.54, 1.807) is 11.9 Å². The molecule has 1 fully saturated rings. The molecular formula is C10H13ClN4O. The second-order valence-corrected chi connectivity index (χ2v) is 4.21. The molecule has 1 aromatic rings. The first-order chi connectivity index (χ1) is 7.56. The van der Waals surface area contributed by atoms with Crippen molar-refractivity contribution in [3.63, 3.8) is 0 Å². The molecule has 6 heteroatoms. The van der Waals surface area contributed by atoms with Crippen LogP contribution in [-0.2, 0) is 4.79 Å².